The van der Waals surface area contributed by atoms with Crippen LogP contribution in [0.2, 0.25) is 0 Å². The molecule has 2 aromatic rings. The number of rotatable bonds is 3. The fraction of sp³-hybridized carbons (Fsp3) is 0.0833. The molecule has 6 nitrogen and oxygen atoms in total. The Morgan fingerprint density at radius 2 is 2.00 bits per heavy atom. The Kier molecular flexibility index (Phi) is 3.73. The Morgan fingerprint density at radius 1 is 1.32 bits per heavy atom. The van der Waals surface area contributed by atoms with E-state index in [2.05, 4.69) is 9.97 Å². The molecule has 94 valence electrons. The SMILES string of the molecule is Cc1cc(C#N)nc(Sc2ccc([N+](=O)[O-])cc2)n1. The molecule has 0 bridgehead atoms. The lowest BCUT2D eigenvalue weighted by Gasteiger charge is -2.01. The molecule has 0 N–H and O–H groups in total. The van der Waals surface area contributed by atoms with Gasteiger partial charge in [0.05, 0.1) is 4.92 Å². The maximum Gasteiger partial charge on any atom is 0.269 e. The first-order chi connectivity index (χ1) is 9.08. The maximum atomic E-state index is 10.5. The molecular weight excluding hydrogens is 264 g/mol. The number of non-ortho nitro benzene ring substituents is 1. The van der Waals surface area contributed by atoms with E-state index >= 15 is 0 Å². The van der Waals surface area contributed by atoms with Gasteiger partial charge in [0.1, 0.15) is 11.8 Å². The number of benzene rings is 1. The molecule has 0 unspecified atom stereocenters. The molecule has 7 heteroatoms. The monoisotopic (exact) mass is 272 g/mol. The summed E-state index contributed by atoms with van der Waals surface area (Å²) >= 11 is 1.26. The van der Waals surface area contributed by atoms with Crippen LogP contribution in [-0.4, -0.2) is 14.9 Å². The summed E-state index contributed by atoms with van der Waals surface area (Å²) in [5, 5.41) is 19.8. The predicted octanol–water partition coefficient (Wildman–Crippen LogP) is 2.72. The Balaban J connectivity index is 2.24. The largest absolute Gasteiger partial charge is 0.269 e. The van der Waals surface area contributed by atoms with E-state index in [1.165, 1.54) is 23.9 Å². The molecule has 0 amide bonds. The van der Waals surface area contributed by atoms with E-state index in [1.54, 1.807) is 25.1 Å². The second kappa shape index (κ2) is 5.46. The van der Waals surface area contributed by atoms with Crippen LogP contribution in [0.15, 0.2) is 40.4 Å². The molecule has 0 aliphatic carbocycles. The lowest BCUT2D eigenvalue weighted by molar-refractivity contribution is -0.384. The van der Waals surface area contributed by atoms with Crippen molar-refractivity contribution < 1.29 is 4.92 Å². The van der Waals surface area contributed by atoms with Crippen LogP contribution in [0.5, 0.6) is 0 Å². The highest BCUT2D eigenvalue weighted by Gasteiger charge is 2.07. The Labute approximate surface area is 113 Å². The van der Waals surface area contributed by atoms with Crippen LogP contribution in [0.3, 0.4) is 0 Å². The summed E-state index contributed by atoms with van der Waals surface area (Å²) in [6, 6.07) is 9.65. The smallest absolute Gasteiger partial charge is 0.258 e. The van der Waals surface area contributed by atoms with Crippen molar-refractivity contribution in [3.05, 3.63) is 51.8 Å². The topological polar surface area (TPSA) is 92.7 Å². The molecule has 0 spiro atoms. The van der Waals surface area contributed by atoms with Crippen LogP contribution in [-0.2, 0) is 0 Å². The number of hydrogen-bond donors (Lipinski definition) is 0. The van der Waals surface area contributed by atoms with Crippen LogP contribution < -0.4 is 0 Å². The zero-order chi connectivity index (χ0) is 13.8. The minimum Gasteiger partial charge on any atom is -0.258 e. The molecular formula is C12H8N4O2S. The van der Waals surface area contributed by atoms with Gasteiger partial charge in [-0.15, -0.1) is 0 Å². The highest BCUT2D eigenvalue weighted by molar-refractivity contribution is 7.99. The first-order valence-corrected chi connectivity index (χ1v) is 6.08. The van der Waals surface area contributed by atoms with E-state index in [0.29, 0.717) is 16.5 Å². The molecule has 0 atom stereocenters. The minimum atomic E-state index is -0.453. The molecule has 1 aromatic carbocycles. The van der Waals surface area contributed by atoms with Gasteiger partial charge >= 0.3 is 0 Å². The van der Waals surface area contributed by atoms with Gasteiger partial charge in [0.15, 0.2) is 5.16 Å². The number of nitrogens with zero attached hydrogens (tertiary/aromatic N) is 4. The fourth-order valence-electron chi connectivity index (χ4n) is 1.39. The number of nitro benzene ring substituents is 1. The van der Waals surface area contributed by atoms with Crippen LogP contribution in [0.25, 0.3) is 0 Å². The summed E-state index contributed by atoms with van der Waals surface area (Å²) in [6.45, 7) is 1.78. The Bertz CT molecular complexity index is 664. The molecule has 0 fully saturated rings. The maximum absolute atomic E-state index is 10.5. The number of nitro groups is 1. The lowest BCUT2D eigenvalue weighted by Crippen LogP contribution is -1.93. The average molecular weight is 272 g/mol. The van der Waals surface area contributed by atoms with Gasteiger partial charge in [0.25, 0.3) is 5.69 Å². The first kappa shape index (κ1) is 13.0. The molecule has 0 radical (unpaired) electrons. The van der Waals surface area contributed by atoms with E-state index in [1.807, 2.05) is 6.07 Å². The summed E-state index contributed by atoms with van der Waals surface area (Å²) < 4.78 is 0. The second-order valence-corrected chi connectivity index (χ2v) is 4.68. The van der Waals surface area contributed by atoms with Gasteiger partial charge < -0.3 is 0 Å². The van der Waals surface area contributed by atoms with Gasteiger partial charge in [0, 0.05) is 22.7 Å². The van der Waals surface area contributed by atoms with Crippen molar-refractivity contribution in [2.45, 2.75) is 17.0 Å². The van der Waals surface area contributed by atoms with E-state index < -0.39 is 4.92 Å². The number of aromatic nitrogens is 2. The molecule has 0 aliphatic heterocycles. The zero-order valence-corrected chi connectivity index (χ0v) is 10.7. The Hall–Kier alpha value is -2.46. The van der Waals surface area contributed by atoms with Crippen molar-refractivity contribution in [3.63, 3.8) is 0 Å². The number of hydrogen-bond acceptors (Lipinski definition) is 6. The molecule has 1 heterocycles. The molecule has 2 rings (SSSR count). The number of nitriles is 1. The van der Waals surface area contributed by atoms with E-state index in [9.17, 15) is 10.1 Å². The Morgan fingerprint density at radius 3 is 2.58 bits per heavy atom. The summed E-state index contributed by atoms with van der Waals surface area (Å²) in [5.41, 5.74) is 1.04. The van der Waals surface area contributed by atoms with E-state index in [-0.39, 0.29) is 5.69 Å². The molecule has 1 aromatic heterocycles. The van der Waals surface area contributed by atoms with Crippen LogP contribution in [0.1, 0.15) is 11.4 Å². The van der Waals surface area contributed by atoms with Gasteiger partial charge in [0.2, 0.25) is 0 Å². The van der Waals surface area contributed by atoms with Crippen molar-refractivity contribution in [3.8, 4) is 6.07 Å². The van der Waals surface area contributed by atoms with Crippen molar-refractivity contribution in [1.82, 2.24) is 9.97 Å². The quantitative estimate of drug-likeness (QED) is 0.484. The van der Waals surface area contributed by atoms with E-state index in [4.69, 9.17) is 5.26 Å². The average Bonchev–Trinajstić information content (AvgIpc) is 2.38. The highest BCUT2D eigenvalue weighted by Crippen LogP contribution is 2.26. The fourth-order valence-corrected chi connectivity index (χ4v) is 2.20. The molecule has 19 heavy (non-hydrogen) atoms. The highest BCUT2D eigenvalue weighted by atomic mass is 32.2. The third-order valence-corrected chi connectivity index (χ3v) is 3.08. The third-order valence-electron chi connectivity index (χ3n) is 2.20. The summed E-state index contributed by atoms with van der Waals surface area (Å²) in [6.07, 6.45) is 0. The van der Waals surface area contributed by atoms with Crippen LogP contribution in [0, 0.1) is 28.4 Å². The van der Waals surface area contributed by atoms with Gasteiger partial charge in [-0.25, -0.2) is 9.97 Å². The van der Waals surface area contributed by atoms with Gasteiger partial charge in [-0.05, 0) is 36.9 Å². The normalized spacial score (nSPS) is 9.89. The van der Waals surface area contributed by atoms with Gasteiger partial charge in [-0.2, -0.15) is 5.26 Å². The number of aryl methyl sites for hydroxylation is 1. The standard InChI is InChI=1S/C12H8N4O2S/c1-8-6-9(7-13)15-12(14-8)19-11-4-2-10(3-5-11)16(17)18/h2-6H,1H3. The lowest BCUT2D eigenvalue weighted by atomic mass is 10.3. The summed E-state index contributed by atoms with van der Waals surface area (Å²) in [4.78, 5) is 19.1. The minimum absolute atomic E-state index is 0.0345. The zero-order valence-electron chi connectivity index (χ0n) is 9.90. The van der Waals surface area contributed by atoms with Crippen LogP contribution >= 0.6 is 11.8 Å². The van der Waals surface area contributed by atoms with Crippen LogP contribution in [0.4, 0.5) is 5.69 Å². The third kappa shape index (κ3) is 3.26. The first-order valence-electron chi connectivity index (χ1n) is 5.26. The molecule has 0 saturated heterocycles. The summed E-state index contributed by atoms with van der Waals surface area (Å²) in [5.74, 6) is 0. The van der Waals surface area contributed by atoms with Crippen molar-refractivity contribution in [2.24, 2.45) is 0 Å². The van der Waals surface area contributed by atoms with Gasteiger partial charge in [-0.3, -0.25) is 10.1 Å². The van der Waals surface area contributed by atoms with Crippen molar-refractivity contribution in [1.29, 1.82) is 5.26 Å². The van der Waals surface area contributed by atoms with Gasteiger partial charge in [-0.1, -0.05) is 0 Å². The predicted molar refractivity (Wildman–Crippen MR) is 68.7 cm³/mol. The van der Waals surface area contributed by atoms with Crippen molar-refractivity contribution >= 4 is 17.4 Å². The molecule has 0 aliphatic rings. The molecule has 0 saturated carbocycles. The second-order valence-electron chi connectivity index (χ2n) is 3.64. The summed E-state index contributed by atoms with van der Waals surface area (Å²) in [7, 11) is 0. The van der Waals surface area contributed by atoms with E-state index in [0.717, 1.165) is 4.90 Å². The van der Waals surface area contributed by atoms with Crippen molar-refractivity contribution in [2.75, 3.05) is 0 Å².